The first-order valence-electron chi connectivity index (χ1n) is 8.82. The number of cyclic esters (lactones) is 1. The highest BCUT2D eigenvalue weighted by atomic mass is 16.6. The van der Waals surface area contributed by atoms with Gasteiger partial charge < -0.3 is 19.7 Å². The standard InChI is InChI=1S/C18H27NO6/c1-10(2)13-15(20)25-12-6-8-19-7-5-11(14(12)19)9-24-16(21)18(4,23)17(13,3)22/h5,10,12-14,22-23H,6-9H2,1-4H3/t12?,13?,14?,17-,18-/m0/s1. The van der Waals surface area contributed by atoms with E-state index in [0.717, 1.165) is 18.7 Å². The van der Waals surface area contributed by atoms with Crippen LogP contribution < -0.4 is 0 Å². The molecule has 5 atom stereocenters. The summed E-state index contributed by atoms with van der Waals surface area (Å²) in [6.45, 7) is 7.54. The van der Waals surface area contributed by atoms with E-state index in [0.29, 0.717) is 6.42 Å². The number of nitrogens with zero attached hydrogens (tertiary/aromatic N) is 1. The molecule has 7 nitrogen and oxygen atoms in total. The Morgan fingerprint density at radius 1 is 1.28 bits per heavy atom. The zero-order valence-corrected chi connectivity index (χ0v) is 15.2. The van der Waals surface area contributed by atoms with Gasteiger partial charge in [-0.2, -0.15) is 0 Å². The van der Waals surface area contributed by atoms with E-state index in [4.69, 9.17) is 9.47 Å². The molecule has 3 heterocycles. The Labute approximate surface area is 147 Å². The third-order valence-electron chi connectivity index (χ3n) is 5.96. The highest BCUT2D eigenvalue weighted by Gasteiger charge is 2.58. The summed E-state index contributed by atoms with van der Waals surface area (Å²) >= 11 is 0. The van der Waals surface area contributed by atoms with Crippen molar-refractivity contribution in [2.45, 2.75) is 57.5 Å². The predicted molar refractivity (Wildman–Crippen MR) is 88.5 cm³/mol. The molecule has 3 unspecified atom stereocenters. The van der Waals surface area contributed by atoms with Gasteiger partial charge in [0.25, 0.3) is 0 Å². The fourth-order valence-electron chi connectivity index (χ4n) is 4.30. The maximum atomic E-state index is 12.9. The molecule has 0 aromatic rings. The summed E-state index contributed by atoms with van der Waals surface area (Å²) in [7, 11) is 0. The van der Waals surface area contributed by atoms with Crippen LogP contribution >= 0.6 is 0 Å². The van der Waals surface area contributed by atoms with Crippen LogP contribution in [0.1, 0.15) is 34.1 Å². The van der Waals surface area contributed by atoms with Gasteiger partial charge in [0, 0.05) is 13.1 Å². The van der Waals surface area contributed by atoms with E-state index >= 15 is 0 Å². The largest absolute Gasteiger partial charge is 0.460 e. The van der Waals surface area contributed by atoms with Crippen LogP contribution in [0.3, 0.4) is 0 Å². The van der Waals surface area contributed by atoms with E-state index in [1.54, 1.807) is 13.8 Å². The number of hydrogen-bond donors (Lipinski definition) is 2. The predicted octanol–water partition coefficient (Wildman–Crippen LogP) is 0.244. The first kappa shape index (κ1) is 18.4. The number of rotatable bonds is 1. The molecular formula is C18H27NO6. The van der Waals surface area contributed by atoms with E-state index in [2.05, 4.69) is 4.90 Å². The van der Waals surface area contributed by atoms with E-state index < -0.39 is 29.1 Å². The zero-order valence-electron chi connectivity index (χ0n) is 15.2. The van der Waals surface area contributed by atoms with Crippen LogP contribution in [-0.4, -0.2) is 70.1 Å². The van der Waals surface area contributed by atoms with Crippen LogP contribution in [0.2, 0.25) is 0 Å². The van der Waals surface area contributed by atoms with Crippen LogP contribution in [0.25, 0.3) is 0 Å². The topological polar surface area (TPSA) is 96.3 Å². The first-order valence-corrected chi connectivity index (χ1v) is 8.82. The van der Waals surface area contributed by atoms with Crippen molar-refractivity contribution in [1.82, 2.24) is 4.90 Å². The van der Waals surface area contributed by atoms with Crippen LogP contribution in [-0.2, 0) is 19.1 Å². The van der Waals surface area contributed by atoms with Gasteiger partial charge in [0.05, 0.1) is 12.0 Å². The minimum atomic E-state index is -2.24. The van der Waals surface area contributed by atoms with Crippen molar-refractivity contribution in [3.63, 3.8) is 0 Å². The van der Waals surface area contributed by atoms with Crippen molar-refractivity contribution in [1.29, 1.82) is 0 Å². The molecule has 140 valence electrons. The van der Waals surface area contributed by atoms with Gasteiger partial charge in [-0.15, -0.1) is 0 Å². The number of ether oxygens (including phenoxy) is 2. The lowest BCUT2D eigenvalue weighted by molar-refractivity contribution is -0.210. The van der Waals surface area contributed by atoms with E-state index in [-0.39, 0.29) is 24.7 Å². The molecule has 0 spiro atoms. The lowest BCUT2D eigenvalue weighted by atomic mass is 9.71. The Morgan fingerprint density at radius 2 is 1.96 bits per heavy atom. The second-order valence-electron chi connectivity index (χ2n) is 8.00. The van der Waals surface area contributed by atoms with Crippen molar-refractivity contribution in [2.24, 2.45) is 11.8 Å². The van der Waals surface area contributed by atoms with Gasteiger partial charge in [0.1, 0.15) is 18.3 Å². The van der Waals surface area contributed by atoms with Crippen LogP contribution in [0.5, 0.6) is 0 Å². The number of aliphatic hydroxyl groups is 2. The number of esters is 2. The number of carbonyl (C=O) groups excluding carboxylic acids is 2. The van der Waals surface area contributed by atoms with Crippen molar-refractivity contribution in [3.8, 4) is 0 Å². The van der Waals surface area contributed by atoms with E-state index in [1.807, 2.05) is 6.08 Å². The minimum Gasteiger partial charge on any atom is -0.460 e. The van der Waals surface area contributed by atoms with Crippen molar-refractivity contribution in [3.05, 3.63) is 11.6 Å². The molecule has 3 aliphatic heterocycles. The Morgan fingerprint density at radius 3 is 2.60 bits per heavy atom. The van der Waals surface area contributed by atoms with Crippen molar-refractivity contribution >= 4 is 11.9 Å². The van der Waals surface area contributed by atoms with E-state index in [1.165, 1.54) is 13.8 Å². The maximum Gasteiger partial charge on any atom is 0.341 e. The summed E-state index contributed by atoms with van der Waals surface area (Å²) in [6, 6.07) is -0.0995. The molecule has 3 aliphatic rings. The summed E-state index contributed by atoms with van der Waals surface area (Å²) in [6.07, 6.45) is 2.34. The molecule has 3 rings (SSSR count). The van der Waals surface area contributed by atoms with Gasteiger partial charge in [0.15, 0.2) is 5.60 Å². The minimum absolute atomic E-state index is 0.0205. The third kappa shape index (κ3) is 2.78. The Kier molecular flexibility index (Phi) is 4.46. The molecule has 7 heteroatoms. The van der Waals surface area contributed by atoms with Gasteiger partial charge in [-0.05, 0) is 31.8 Å². The second kappa shape index (κ2) is 6.07. The van der Waals surface area contributed by atoms with Gasteiger partial charge >= 0.3 is 11.9 Å². The molecule has 0 amide bonds. The molecule has 2 fully saturated rings. The number of hydrogen-bond acceptors (Lipinski definition) is 7. The molecule has 0 saturated carbocycles. The average molecular weight is 353 g/mol. The molecule has 25 heavy (non-hydrogen) atoms. The van der Waals surface area contributed by atoms with Crippen LogP contribution in [0, 0.1) is 11.8 Å². The maximum absolute atomic E-state index is 12.9. The summed E-state index contributed by atoms with van der Waals surface area (Å²) in [5, 5.41) is 21.7. The fourth-order valence-corrected chi connectivity index (χ4v) is 4.30. The zero-order chi connectivity index (χ0) is 18.6. The lowest BCUT2D eigenvalue weighted by Crippen LogP contribution is -2.63. The molecule has 0 bridgehead atoms. The smallest absolute Gasteiger partial charge is 0.341 e. The van der Waals surface area contributed by atoms with E-state index in [9.17, 15) is 19.8 Å². The Balaban J connectivity index is 2.02. The molecule has 2 N–H and O–H groups in total. The van der Waals surface area contributed by atoms with Gasteiger partial charge in [-0.3, -0.25) is 9.69 Å². The van der Waals surface area contributed by atoms with Gasteiger partial charge in [0.2, 0.25) is 0 Å². The Bertz CT molecular complexity index is 609. The summed E-state index contributed by atoms with van der Waals surface area (Å²) in [5.74, 6) is -2.92. The summed E-state index contributed by atoms with van der Waals surface area (Å²) in [5.41, 5.74) is -3.39. The van der Waals surface area contributed by atoms with Gasteiger partial charge in [-0.1, -0.05) is 19.9 Å². The van der Waals surface area contributed by atoms with Crippen molar-refractivity contribution in [2.75, 3.05) is 19.7 Å². The molecule has 2 saturated heterocycles. The van der Waals surface area contributed by atoms with Crippen LogP contribution in [0.15, 0.2) is 11.6 Å². The van der Waals surface area contributed by atoms with Crippen LogP contribution in [0.4, 0.5) is 0 Å². The molecule has 0 aliphatic carbocycles. The second-order valence-corrected chi connectivity index (χ2v) is 8.00. The highest BCUT2D eigenvalue weighted by molar-refractivity contribution is 5.84. The quantitative estimate of drug-likeness (QED) is 0.515. The first-order chi connectivity index (χ1) is 11.6. The Hall–Kier alpha value is -1.44. The third-order valence-corrected chi connectivity index (χ3v) is 5.96. The molecule has 0 aromatic carbocycles. The normalized spacial score (nSPS) is 42.5. The van der Waals surface area contributed by atoms with Gasteiger partial charge in [-0.25, -0.2) is 4.79 Å². The number of carbonyl (C=O) groups is 2. The van der Waals surface area contributed by atoms with Crippen molar-refractivity contribution < 1.29 is 29.3 Å². The molecule has 0 radical (unpaired) electrons. The monoisotopic (exact) mass is 353 g/mol. The average Bonchev–Trinajstić information content (AvgIpc) is 3.06. The summed E-state index contributed by atoms with van der Waals surface area (Å²) in [4.78, 5) is 27.6. The lowest BCUT2D eigenvalue weighted by Gasteiger charge is -2.42. The molecule has 0 aromatic heterocycles. The molecular weight excluding hydrogens is 326 g/mol. The fraction of sp³-hybridized carbons (Fsp3) is 0.778. The highest BCUT2D eigenvalue weighted by Crippen LogP contribution is 2.39. The summed E-state index contributed by atoms with van der Waals surface area (Å²) < 4.78 is 11.1. The SMILES string of the molecule is CC(C)C1C(=O)OC2CCN3CC=C(COC(=O)[C@](C)(O)[C@@]1(C)O)C23.